The molecule has 0 saturated carbocycles. The van der Waals surface area contributed by atoms with E-state index in [0.29, 0.717) is 0 Å². The Hall–Kier alpha value is -5.14. The van der Waals surface area contributed by atoms with Gasteiger partial charge in [0.2, 0.25) is 5.91 Å². The second-order valence-electron chi connectivity index (χ2n) is 15.0. The summed E-state index contributed by atoms with van der Waals surface area (Å²) >= 11 is 0. The van der Waals surface area contributed by atoms with Gasteiger partial charge >= 0.3 is 22.6 Å². The number of hydrazine groups is 1. The molecule has 17 nitrogen and oxygen atoms in total. The molecule has 18 heteroatoms. The topological polar surface area (TPSA) is 246 Å². The van der Waals surface area contributed by atoms with E-state index < -0.39 is 69.5 Å². The van der Waals surface area contributed by atoms with Crippen molar-refractivity contribution in [2.24, 2.45) is 10.8 Å². The van der Waals surface area contributed by atoms with Crippen LogP contribution >= 0.6 is 0 Å². The summed E-state index contributed by atoms with van der Waals surface area (Å²) in [6.07, 6.45) is 0.981. The zero-order valence-electron chi connectivity index (χ0n) is 32.8. The number of benzene rings is 2. The molecule has 56 heavy (non-hydrogen) atoms. The van der Waals surface area contributed by atoms with Gasteiger partial charge in [-0.1, -0.05) is 102 Å². The first-order valence-electron chi connectivity index (χ1n) is 17.5. The number of carbonyl (C=O) groups is 4. The molecular weight excluding hydrogens is 749 g/mol. The second-order valence-corrected chi connectivity index (χ2v) is 15.9. The number of aliphatic hydroxyl groups is 1. The number of ether oxygens (including phenoxy) is 2. The molecule has 4 atom stereocenters. The third kappa shape index (κ3) is 17.1. The molecule has 308 valence electrons. The van der Waals surface area contributed by atoms with Crippen LogP contribution in [0.15, 0.2) is 79.1 Å². The number of hydrogen-bond acceptors (Lipinski definition) is 11. The molecule has 2 aromatic carbocycles. The van der Waals surface area contributed by atoms with Gasteiger partial charge in [0.1, 0.15) is 12.1 Å². The molecule has 0 aliphatic carbocycles. The van der Waals surface area contributed by atoms with Crippen LogP contribution in [0, 0.1) is 10.8 Å². The van der Waals surface area contributed by atoms with Crippen LogP contribution in [0.2, 0.25) is 0 Å². The van der Waals surface area contributed by atoms with Gasteiger partial charge in [0.15, 0.2) is 0 Å². The van der Waals surface area contributed by atoms with Gasteiger partial charge in [0.05, 0.1) is 26.4 Å². The standard InChI is InChI=1S/C38H52N6O7.H2O4S/c1-37(2,3)31(41-35(48)50-7)33(46)40-29(21-25-13-10-9-11-14-25)30(45)24-44(43-34(47)32(38(4,5)6)42-36(49)51-8)23-26-16-18-27(19-17-26)28-15-12-20-39-22-28;1-5(2,3)4/h9-20,22,29-32,45H,21,23-24H2,1-8H3,(H,40,46)(H,41,48)(H,42,49)(H,43,47);(H2,1,2,3,4)/t29-,30-,31+,32+;/m0./s1. The Balaban J connectivity index is 0.00000203. The van der Waals surface area contributed by atoms with Crippen LogP contribution in [0.3, 0.4) is 0 Å². The Morgan fingerprint density at radius 2 is 1.25 bits per heavy atom. The molecule has 0 radical (unpaired) electrons. The predicted molar refractivity (Wildman–Crippen MR) is 208 cm³/mol. The van der Waals surface area contributed by atoms with Gasteiger partial charge in [-0.2, -0.15) is 8.42 Å². The summed E-state index contributed by atoms with van der Waals surface area (Å²) in [5.41, 5.74) is 5.08. The third-order valence-corrected chi connectivity index (χ3v) is 8.24. The zero-order chi connectivity index (χ0) is 42.3. The Bertz CT molecular complexity index is 1810. The summed E-state index contributed by atoms with van der Waals surface area (Å²) < 4.78 is 41.1. The molecule has 3 aromatic rings. The van der Waals surface area contributed by atoms with Crippen molar-refractivity contribution >= 4 is 34.4 Å². The minimum atomic E-state index is -4.67. The summed E-state index contributed by atoms with van der Waals surface area (Å²) in [6.45, 7) is 10.9. The zero-order valence-corrected chi connectivity index (χ0v) is 33.7. The fourth-order valence-electron chi connectivity index (χ4n) is 5.40. The molecule has 0 unspecified atom stereocenters. The van der Waals surface area contributed by atoms with Gasteiger partial charge in [-0.15, -0.1) is 0 Å². The van der Waals surface area contributed by atoms with Crippen molar-refractivity contribution in [3.8, 4) is 11.1 Å². The first-order chi connectivity index (χ1) is 26.0. The van der Waals surface area contributed by atoms with Crippen molar-refractivity contribution in [1.29, 1.82) is 0 Å². The number of amides is 4. The number of nitrogens with one attached hydrogen (secondary N) is 4. The molecule has 0 fully saturated rings. The van der Waals surface area contributed by atoms with Gasteiger partial charge in [-0.3, -0.25) is 29.1 Å². The number of alkyl carbamates (subject to hydrolysis) is 2. The Morgan fingerprint density at radius 3 is 1.71 bits per heavy atom. The van der Waals surface area contributed by atoms with E-state index in [1.165, 1.54) is 14.2 Å². The van der Waals surface area contributed by atoms with E-state index in [4.69, 9.17) is 27.0 Å². The largest absolute Gasteiger partial charge is 0.453 e. The SMILES string of the molecule is COC(=O)N[C@H](C(=O)N[C@@H](Cc1ccccc1)[C@@H](O)CN(Cc1ccc(-c2cccnc2)cc1)NC(=O)[C@@H](NC(=O)OC)C(C)(C)C)C(C)(C)C.O=S(=O)(O)O. The van der Waals surface area contributed by atoms with Crippen LogP contribution in [0.25, 0.3) is 11.1 Å². The van der Waals surface area contributed by atoms with Gasteiger partial charge < -0.3 is 30.5 Å². The molecule has 1 heterocycles. The van der Waals surface area contributed by atoms with Crippen molar-refractivity contribution in [3.05, 3.63) is 90.3 Å². The lowest BCUT2D eigenvalue weighted by Crippen LogP contribution is -2.60. The number of carbonyl (C=O) groups excluding carboxylic acids is 4. The molecule has 3 rings (SSSR count). The molecule has 0 aliphatic rings. The van der Waals surface area contributed by atoms with E-state index in [9.17, 15) is 24.3 Å². The first kappa shape index (κ1) is 47.0. The van der Waals surface area contributed by atoms with Gasteiger partial charge in [-0.25, -0.2) is 14.6 Å². The van der Waals surface area contributed by atoms with Crippen molar-refractivity contribution < 1.29 is 51.3 Å². The van der Waals surface area contributed by atoms with Crippen LogP contribution in [-0.2, 0) is 42.4 Å². The normalized spacial score (nSPS) is 13.8. The number of aromatic nitrogens is 1. The number of rotatable bonds is 14. The highest BCUT2D eigenvalue weighted by Gasteiger charge is 2.37. The maximum atomic E-state index is 13.8. The average molecular weight is 803 g/mol. The van der Waals surface area contributed by atoms with E-state index in [0.717, 1.165) is 22.3 Å². The Labute approximate surface area is 328 Å². The van der Waals surface area contributed by atoms with Gasteiger partial charge in [0.25, 0.3) is 5.91 Å². The van der Waals surface area contributed by atoms with E-state index in [1.54, 1.807) is 38.2 Å². The highest BCUT2D eigenvalue weighted by Crippen LogP contribution is 2.23. The predicted octanol–water partition coefficient (Wildman–Crippen LogP) is 3.56. The van der Waals surface area contributed by atoms with Crippen molar-refractivity contribution in [3.63, 3.8) is 0 Å². The van der Waals surface area contributed by atoms with Gasteiger partial charge in [-0.05, 0) is 45.6 Å². The fourth-order valence-corrected chi connectivity index (χ4v) is 5.40. The van der Waals surface area contributed by atoms with Crippen LogP contribution in [-0.4, -0.2) is 102 Å². The van der Waals surface area contributed by atoms with Gasteiger partial charge in [0, 0.05) is 25.5 Å². The third-order valence-electron chi connectivity index (χ3n) is 8.24. The maximum Gasteiger partial charge on any atom is 0.407 e. The quantitative estimate of drug-likeness (QED) is 0.0912. The summed E-state index contributed by atoms with van der Waals surface area (Å²) in [4.78, 5) is 56.1. The van der Waals surface area contributed by atoms with Crippen LogP contribution in [0.5, 0.6) is 0 Å². The molecular formula is C38H54N6O11S. The van der Waals surface area contributed by atoms with E-state index in [2.05, 4.69) is 26.4 Å². The Kier molecular flexibility index (Phi) is 17.8. The Morgan fingerprint density at radius 1 is 0.732 bits per heavy atom. The maximum absolute atomic E-state index is 13.8. The van der Waals surface area contributed by atoms with Crippen LogP contribution in [0.1, 0.15) is 52.7 Å². The molecule has 0 spiro atoms. The van der Waals surface area contributed by atoms with E-state index in [-0.39, 0.29) is 19.5 Å². The number of nitrogens with zero attached hydrogens (tertiary/aromatic N) is 2. The summed E-state index contributed by atoms with van der Waals surface area (Å²) in [7, 11) is -2.23. The van der Waals surface area contributed by atoms with Crippen molar-refractivity contribution in [2.45, 2.75) is 78.7 Å². The minimum Gasteiger partial charge on any atom is -0.453 e. The molecule has 1 aromatic heterocycles. The minimum absolute atomic E-state index is 0.117. The fraction of sp³-hybridized carbons (Fsp3) is 0.447. The molecule has 0 aliphatic heterocycles. The number of hydrogen-bond donors (Lipinski definition) is 7. The lowest BCUT2D eigenvalue weighted by Gasteiger charge is -2.35. The monoisotopic (exact) mass is 802 g/mol. The molecule has 0 bridgehead atoms. The summed E-state index contributed by atoms with van der Waals surface area (Å²) in [5.74, 6) is -1.03. The molecule has 7 N–H and O–H groups in total. The first-order valence-corrected chi connectivity index (χ1v) is 18.9. The van der Waals surface area contributed by atoms with Crippen molar-refractivity contribution in [1.82, 2.24) is 31.4 Å². The second kappa shape index (κ2) is 21.2. The lowest BCUT2D eigenvalue weighted by atomic mass is 9.85. The molecule has 0 saturated heterocycles. The summed E-state index contributed by atoms with van der Waals surface area (Å²) in [6, 6.07) is 18.1. The number of aliphatic hydroxyl groups excluding tert-OH is 1. The number of methoxy groups -OCH3 is 2. The van der Waals surface area contributed by atoms with Crippen LogP contribution < -0.4 is 21.4 Å². The summed E-state index contributed by atoms with van der Waals surface area (Å²) in [5, 5.41) is 21.6. The van der Waals surface area contributed by atoms with Crippen LogP contribution in [0.4, 0.5) is 9.59 Å². The van der Waals surface area contributed by atoms with Crippen molar-refractivity contribution in [2.75, 3.05) is 20.8 Å². The number of pyridine rings is 1. The highest BCUT2D eigenvalue weighted by molar-refractivity contribution is 7.79. The lowest BCUT2D eigenvalue weighted by molar-refractivity contribution is -0.132. The highest BCUT2D eigenvalue weighted by atomic mass is 32.3. The van der Waals surface area contributed by atoms with E-state index in [1.807, 2.05) is 87.5 Å². The van der Waals surface area contributed by atoms with E-state index >= 15 is 0 Å². The smallest absolute Gasteiger partial charge is 0.407 e. The average Bonchev–Trinajstić information content (AvgIpc) is 3.11. The molecule has 4 amide bonds.